The molecule has 0 bridgehead atoms. The quantitative estimate of drug-likeness (QED) is 0.428. The van der Waals surface area contributed by atoms with Gasteiger partial charge in [-0.3, -0.25) is 14.6 Å². The van der Waals surface area contributed by atoms with E-state index in [2.05, 4.69) is 22.1 Å². The number of carbonyl (C=O) groups is 1. The number of carbonyl (C=O) groups excluding carboxylic acids is 1. The van der Waals surface area contributed by atoms with Gasteiger partial charge in [-0.1, -0.05) is 30.3 Å². The first kappa shape index (κ1) is 18.0. The molecule has 0 radical (unpaired) electrons. The van der Waals surface area contributed by atoms with Crippen LogP contribution in [0.15, 0.2) is 84.3 Å². The summed E-state index contributed by atoms with van der Waals surface area (Å²) in [6.07, 6.45) is 10.4. The molecule has 6 heteroatoms. The minimum Gasteiger partial charge on any atom is -0.309 e. The van der Waals surface area contributed by atoms with Gasteiger partial charge in [0.1, 0.15) is 5.65 Å². The van der Waals surface area contributed by atoms with Gasteiger partial charge in [0.25, 0.3) is 5.56 Å². The lowest BCUT2D eigenvalue weighted by molar-refractivity contribution is 0.112. The summed E-state index contributed by atoms with van der Waals surface area (Å²) in [5, 5.41) is 1.51. The second kappa shape index (κ2) is 7.40. The summed E-state index contributed by atoms with van der Waals surface area (Å²) in [5.74, 6) is 0. The van der Waals surface area contributed by atoms with Gasteiger partial charge >= 0.3 is 0 Å². The molecule has 0 atom stereocenters. The SMILES string of the molecule is O=Cc1ccc2nc(Cn3cc(Cc4ccccc4)c4ccncc4c3=O)cn2c1. The third-order valence-electron chi connectivity index (χ3n) is 5.20. The molecule has 146 valence electrons. The van der Waals surface area contributed by atoms with Gasteiger partial charge < -0.3 is 8.97 Å². The zero-order chi connectivity index (χ0) is 20.5. The van der Waals surface area contributed by atoms with E-state index in [0.717, 1.165) is 35.0 Å². The van der Waals surface area contributed by atoms with Crippen molar-refractivity contribution in [2.75, 3.05) is 0 Å². The van der Waals surface area contributed by atoms with Crippen LogP contribution in [0.5, 0.6) is 0 Å². The minimum atomic E-state index is -0.0967. The Morgan fingerprint density at radius 1 is 0.933 bits per heavy atom. The van der Waals surface area contributed by atoms with Crippen LogP contribution in [0.1, 0.15) is 27.2 Å². The van der Waals surface area contributed by atoms with Crippen molar-refractivity contribution >= 4 is 22.7 Å². The zero-order valence-corrected chi connectivity index (χ0v) is 16.1. The van der Waals surface area contributed by atoms with Crippen molar-refractivity contribution in [1.82, 2.24) is 18.9 Å². The molecule has 6 nitrogen and oxygen atoms in total. The van der Waals surface area contributed by atoms with E-state index in [1.807, 2.05) is 36.7 Å². The van der Waals surface area contributed by atoms with Gasteiger partial charge in [0.2, 0.25) is 0 Å². The van der Waals surface area contributed by atoms with Crippen molar-refractivity contribution < 1.29 is 4.79 Å². The molecule has 4 aromatic heterocycles. The molecule has 0 aliphatic rings. The van der Waals surface area contributed by atoms with Gasteiger partial charge in [-0.05, 0) is 41.1 Å². The Bertz CT molecular complexity index is 1430. The Labute approximate surface area is 172 Å². The number of hydrogen-bond acceptors (Lipinski definition) is 4. The second-order valence-corrected chi connectivity index (χ2v) is 7.25. The van der Waals surface area contributed by atoms with Gasteiger partial charge in [-0.15, -0.1) is 0 Å². The highest BCUT2D eigenvalue weighted by Crippen LogP contribution is 2.19. The predicted molar refractivity (Wildman–Crippen MR) is 115 cm³/mol. The molecule has 0 saturated heterocycles. The summed E-state index contributed by atoms with van der Waals surface area (Å²) in [6.45, 7) is 0.337. The molecule has 0 unspecified atom stereocenters. The highest BCUT2D eigenvalue weighted by atomic mass is 16.1. The smallest absolute Gasteiger partial charge is 0.260 e. The number of aldehydes is 1. The average molecular weight is 394 g/mol. The molecule has 4 heterocycles. The van der Waals surface area contributed by atoms with E-state index in [1.54, 1.807) is 39.7 Å². The van der Waals surface area contributed by atoms with Crippen LogP contribution in [0, 0.1) is 0 Å². The lowest BCUT2D eigenvalue weighted by Gasteiger charge is -2.11. The van der Waals surface area contributed by atoms with Crippen molar-refractivity contribution in [3.05, 3.63) is 112 Å². The summed E-state index contributed by atoms with van der Waals surface area (Å²) >= 11 is 0. The third-order valence-corrected chi connectivity index (χ3v) is 5.20. The first-order valence-corrected chi connectivity index (χ1v) is 9.64. The Morgan fingerprint density at radius 2 is 1.80 bits per heavy atom. The number of hydrogen-bond donors (Lipinski definition) is 0. The first-order chi connectivity index (χ1) is 14.7. The van der Waals surface area contributed by atoms with E-state index in [9.17, 15) is 9.59 Å². The summed E-state index contributed by atoms with van der Waals surface area (Å²) in [6, 6.07) is 15.6. The Kier molecular flexibility index (Phi) is 4.44. The fraction of sp³-hybridized carbons (Fsp3) is 0.0833. The number of benzene rings is 1. The minimum absolute atomic E-state index is 0.0967. The fourth-order valence-electron chi connectivity index (χ4n) is 3.77. The van der Waals surface area contributed by atoms with Gasteiger partial charge in [0, 0.05) is 36.5 Å². The average Bonchev–Trinajstić information content (AvgIpc) is 3.19. The number of nitrogens with zero attached hydrogens (tertiary/aromatic N) is 4. The van der Waals surface area contributed by atoms with Crippen molar-refractivity contribution in [2.24, 2.45) is 0 Å². The standard InChI is InChI=1S/C24H18N4O2/c29-16-18-6-7-23-26-20(14-27(23)12-18)15-28-13-19(10-17-4-2-1-3-5-17)21-8-9-25-11-22(21)24(28)30/h1-9,11-14,16H,10,15H2. The van der Waals surface area contributed by atoms with E-state index < -0.39 is 0 Å². The number of imidazole rings is 1. The van der Waals surface area contributed by atoms with Crippen molar-refractivity contribution in [2.45, 2.75) is 13.0 Å². The summed E-state index contributed by atoms with van der Waals surface area (Å²) in [5.41, 5.74) is 4.19. The molecular formula is C24H18N4O2. The maximum Gasteiger partial charge on any atom is 0.260 e. The third kappa shape index (κ3) is 3.28. The van der Waals surface area contributed by atoms with Crippen LogP contribution < -0.4 is 5.56 Å². The van der Waals surface area contributed by atoms with Crippen molar-refractivity contribution in [1.29, 1.82) is 0 Å². The number of aromatic nitrogens is 4. The van der Waals surface area contributed by atoms with E-state index in [-0.39, 0.29) is 5.56 Å². The van der Waals surface area contributed by atoms with Gasteiger partial charge in [0.05, 0.1) is 17.6 Å². The highest BCUT2D eigenvalue weighted by Gasteiger charge is 2.11. The van der Waals surface area contributed by atoms with Crippen LogP contribution in [0.4, 0.5) is 0 Å². The molecule has 5 aromatic rings. The summed E-state index contributed by atoms with van der Waals surface area (Å²) in [4.78, 5) is 32.9. The van der Waals surface area contributed by atoms with Crippen LogP contribution in [0.25, 0.3) is 16.4 Å². The van der Waals surface area contributed by atoms with E-state index >= 15 is 0 Å². The normalized spacial score (nSPS) is 11.2. The maximum atomic E-state index is 13.1. The Hall–Kier alpha value is -4.06. The molecule has 0 N–H and O–H groups in total. The second-order valence-electron chi connectivity index (χ2n) is 7.25. The number of rotatable bonds is 5. The molecule has 1 aromatic carbocycles. The predicted octanol–water partition coefficient (Wildman–Crippen LogP) is 3.50. The molecule has 0 amide bonds. The van der Waals surface area contributed by atoms with Crippen molar-refractivity contribution in [3.63, 3.8) is 0 Å². The maximum absolute atomic E-state index is 13.1. The first-order valence-electron chi connectivity index (χ1n) is 9.64. The fourth-order valence-corrected chi connectivity index (χ4v) is 3.77. The van der Waals surface area contributed by atoms with E-state index in [4.69, 9.17) is 0 Å². The molecule has 30 heavy (non-hydrogen) atoms. The van der Waals surface area contributed by atoms with Crippen LogP contribution >= 0.6 is 0 Å². The molecule has 0 fully saturated rings. The monoisotopic (exact) mass is 394 g/mol. The Balaban J connectivity index is 1.59. The van der Waals surface area contributed by atoms with Crippen molar-refractivity contribution in [3.8, 4) is 0 Å². The molecule has 5 rings (SSSR count). The zero-order valence-electron chi connectivity index (χ0n) is 16.1. The lowest BCUT2D eigenvalue weighted by Crippen LogP contribution is -2.22. The van der Waals surface area contributed by atoms with Crippen LogP contribution in [-0.2, 0) is 13.0 Å². The van der Waals surface area contributed by atoms with E-state index in [1.165, 1.54) is 5.56 Å². The molecule has 0 aliphatic carbocycles. The van der Waals surface area contributed by atoms with Gasteiger partial charge in [-0.25, -0.2) is 4.98 Å². The molecular weight excluding hydrogens is 376 g/mol. The highest BCUT2D eigenvalue weighted by molar-refractivity contribution is 5.84. The van der Waals surface area contributed by atoms with Crippen LogP contribution in [-0.4, -0.2) is 25.2 Å². The molecule has 0 aliphatic heterocycles. The summed E-state index contributed by atoms with van der Waals surface area (Å²) < 4.78 is 3.49. The number of pyridine rings is 3. The van der Waals surface area contributed by atoms with Crippen LogP contribution in [0.2, 0.25) is 0 Å². The largest absolute Gasteiger partial charge is 0.309 e. The molecule has 0 spiro atoms. The number of fused-ring (bicyclic) bond motifs is 2. The van der Waals surface area contributed by atoms with Gasteiger partial charge in [0.15, 0.2) is 6.29 Å². The van der Waals surface area contributed by atoms with Gasteiger partial charge in [-0.2, -0.15) is 0 Å². The topological polar surface area (TPSA) is 69.3 Å². The summed E-state index contributed by atoms with van der Waals surface area (Å²) in [7, 11) is 0. The lowest BCUT2D eigenvalue weighted by atomic mass is 10.0. The van der Waals surface area contributed by atoms with E-state index in [0.29, 0.717) is 17.5 Å². The van der Waals surface area contributed by atoms with Crippen LogP contribution in [0.3, 0.4) is 0 Å². The molecule has 0 saturated carbocycles. The Morgan fingerprint density at radius 3 is 2.63 bits per heavy atom.